The predicted molar refractivity (Wildman–Crippen MR) is 136 cm³/mol. The molecule has 2 amide bonds. The zero-order valence-corrected chi connectivity index (χ0v) is 19.8. The zero-order chi connectivity index (χ0) is 23.5. The summed E-state index contributed by atoms with van der Waals surface area (Å²) >= 11 is 0. The van der Waals surface area contributed by atoms with Crippen LogP contribution in [0.15, 0.2) is 42.5 Å². The van der Waals surface area contributed by atoms with Crippen molar-refractivity contribution < 1.29 is 14.3 Å². The molecule has 3 aromatic rings. The Morgan fingerprint density at radius 3 is 2.74 bits per heavy atom. The first-order valence-corrected chi connectivity index (χ1v) is 12.2. The summed E-state index contributed by atoms with van der Waals surface area (Å²) in [5.74, 6) is 0.857. The number of hydrogen-bond donors (Lipinski definition) is 2. The number of nitrogens with one attached hydrogen (secondary N) is 1. The number of morpholine rings is 1. The molecule has 0 spiro atoms. The molecule has 0 atom stereocenters. The molecule has 0 saturated carbocycles. The van der Waals surface area contributed by atoms with Crippen LogP contribution >= 0.6 is 0 Å². The Bertz CT molecular complexity index is 1170. The van der Waals surface area contributed by atoms with Crippen LogP contribution in [-0.2, 0) is 11.3 Å². The molecular formula is C26H33N5O3. The van der Waals surface area contributed by atoms with Gasteiger partial charge in [-0.1, -0.05) is 12.1 Å². The van der Waals surface area contributed by atoms with E-state index in [0.29, 0.717) is 19.7 Å². The molecule has 8 heteroatoms. The summed E-state index contributed by atoms with van der Waals surface area (Å²) in [6, 6.07) is 14.1. The van der Waals surface area contributed by atoms with Gasteiger partial charge in [0.25, 0.3) is 0 Å². The summed E-state index contributed by atoms with van der Waals surface area (Å²) in [4.78, 5) is 16.3. The van der Waals surface area contributed by atoms with Crippen LogP contribution in [0.25, 0.3) is 22.2 Å². The maximum absolute atomic E-state index is 12.2. The van der Waals surface area contributed by atoms with E-state index in [1.807, 2.05) is 24.3 Å². The lowest BCUT2D eigenvalue weighted by Crippen LogP contribution is -2.37. The van der Waals surface area contributed by atoms with Crippen LogP contribution in [0.4, 0.5) is 16.2 Å². The van der Waals surface area contributed by atoms with Crippen LogP contribution in [0, 0.1) is 0 Å². The number of nitrogen functional groups attached to an aromatic ring is 1. The Balaban J connectivity index is 1.37. The van der Waals surface area contributed by atoms with Gasteiger partial charge in [0.15, 0.2) is 0 Å². The number of nitrogens with zero attached hydrogens (tertiary/aromatic N) is 3. The molecule has 2 aliphatic heterocycles. The van der Waals surface area contributed by atoms with Gasteiger partial charge in [-0.25, -0.2) is 4.79 Å². The highest BCUT2D eigenvalue weighted by Gasteiger charge is 2.23. The minimum absolute atomic E-state index is 0.0587. The standard InChI is InChI=1S/C26H33N5O3/c1-2-30-23-18-21(34-14-4-10-29-12-15-33-16-13-29)7-8-22(23)24(27)25(30)19-5-3-6-20(17-19)31-11-9-28-26(31)32/h3,5-8,17-18H,2,4,9-16,27H2,1H3,(H,28,32). The molecule has 3 heterocycles. The second-order valence-electron chi connectivity index (χ2n) is 8.78. The second kappa shape index (κ2) is 9.95. The first-order chi connectivity index (χ1) is 16.7. The summed E-state index contributed by atoms with van der Waals surface area (Å²) in [5.41, 5.74) is 11.3. The third kappa shape index (κ3) is 4.43. The molecule has 0 radical (unpaired) electrons. The van der Waals surface area contributed by atoms with E-state index in [4.69, 9.17) is 15.2 Å². The number of anilines is 2. The van der Waals surface area contributed by atoms with Gasteiger partial charge >= 0.3 is 6.03 Å². The largest absolute Gasteiger partial charge is 0.493 e. The molecule has 2 aromatic carbocycles. The first-order valence-electron chi connectivity index (χ1n) is 12.2. The average Bonchev–Trinajstić information content (AvgIpc) is 3.42. The number of fused-ring (bicyclic) bond motifs is 1. The number of urea groups is 1. The minimum atomic E-state index is -0.0587. The third-order valence-electron chi connectivity index (χ3n) is 6.67. The second-order valence-corrected chi connectivity index (χ2v) is 8.78. The molecule has 180 valence electrons. The minimum Gasteiger partial charge on any atom is -0.493 e. The van der Waals surface area contributed by atoms with Crippen molar-refractivity contribution in [1.82, 2.24) is 14.8 Å². The summed E-state index contributed by atoms with van der Waals surface area (Å²) in [7, 11) is 0. The van der Waals surface area contributed by atoms with Gasteiger partial charge in [0.05, 0.1) is 36.7 Å². The SMILES string of the molecule is CCn1c(-c2cccc(N3CCNC3=O)c2)c(N)c2ccc(OCCCN3CCOCC3)cc21. The van der Waals surface area contributed by atoms with Crippen molar-refractivity contribution in [2.45, 2.75) is 19.9 Å². The molecule has 2 saturated heterocycles. The monoisotopic (exact) mass is 463 g/mol. The molecule has 0 unspecified atom stereocenters. The molecule has 34 heavy (non-hydrogen) atoms. The van der Waals surface area contributed by atoms with Crippen molar-refractivity contribution in [3.63, 3.8) is 0 Å². The predicted octanol–water partition coefficient (Wildman–Crippen LogP) is 3.54. The quantitative estimate of drug-likeness (QED) is 0.499. The van der Waals surface area contributed by atoms with Gasteiger partial charge in [-0.15, -0.1) is 0 Å². The molecule has 5 rings (SSSR count). The number of amides is 2. The fourth-order valence-electron chi connectivity index (χ4n) is 4.93. The van der Waals surface area contributed by atoms with Crippen molar-refractivity contribution in [2.24, 2.45) is 0 Å². The van der Waals surface area contributed by atoms with Gasteiger partial charge in [-0.3, -0.25) is 9.80 Å². The Labute approximate surface area is 200 Å². The Hall–Kier alpha value is -3.23. The third-order valence-corrected chi connectivity index (χ3v) is 6.67. The van der Waals surface area contributed by atoms with Gasteiger partial charge in [0, 0.05) is 62.0 Å². The maximum atomic E-state index is 12.2. The molecule has 2 fully saturated rings. The van der Waals surface area contributed by atoms with Crippen LogP contribution < -0.4 is 20.7 Å². The lowest BCUT2D eigenvalue weighted by atomic mass is 10.1. The van der Waals surface area contributed by atoms with Crippen molar-refractivity contribution in [1.29, 1.82) is 0 Å². The van der Waals surface area contributed by atoms with Crippen LogP contribution in [0.5, 0.6) is 5.75 Å². The summed E-state index contributed by atoms with van der Waals surface area (Å²) in [6.45, 7) is 9.58. The number of aryl methyl sites for hydroxylation is 1. The van der Waals surface area contributed by atoms with E-state index >= 15 is 0 Å². The van der Waals surface area contributed by atoms with E-state index in [1.54, 1.807) is 4.90 Å². The number of aromatic nitrogens is 1. The van der Waals surface area contributed by atoms with Crippen LogP contribution in [0.1, 0.15) is 13.3 Å². The van der Waals surface area contributed by atoms with E-state index in [1.165, 1.54) is 0 Å². The Kier molecular flexibility index (Phi) is 6.60. The van der Waals surface area contributed by atoms with Crippen LogP contribution in [-0.4, -0.2) is 68.0 Å². The number of carbonyl (C=O) groups is 1. The highest BCUT2D eigenvalue weighted by Crippen LogP contribution is 2.38. The van der Waals surface area contributed by atoms with Crippen molar-refractivity contribution >= 4 is 28.3 Å². The lowest BCUT2D eigenvalue weighted by molar-refractivity contribution is 0.0358. The first kappa shape index (κ1) is 22.6. The molecular weight excluding hydrogens is 430 g/mol. The number of hydrogen-bond acceptors (Lipinski definition) is 5. The summed E-state index contributed by atoms with van der Waals surface area (Å²) < 4.78 is 13.7. The lowest BCUT2D eigenvalue weighted by Gasteiger charge is -2.26. The van der Waals surface area contributed by atoms with E-state index in [0.717, 1.165) is 85.1 Å². The van der Waals surface area contributed by atoms with Crippen molar-refractivity contribution in [3.8, 4) is 17.0 Å². The maximum Gasteiger partial charge on any atom is 0.321 e. The van der Waals surface area contributed by atoms with Gasteiger partial charge in [0.1, 0.15) is 5.75 Å². The zero-order valence-electron chi connectivity index (χ0n) is 19.8. The Morgan fingerprint density at radius 1 is 1.12 bits per heavy atom. The average molecular weight is 464 g/mol. The summed E-state index contributed by atoms with van der Waals surface area (Å²) in [6.07, 6.45) is 0.983. The highest BCUT2D eigenvalue weighted by molar-refractivity contribution is 6.02. The number of nitrogens with two attached hydrogens (primary N) is 1. The number of ether oxygens (including phenoxy) is 2. The molecule has 2 aliphatic rings. The van der Waals surface area contributed by atoms with Crippen LogP contribution in [0.3, 0.4) is 0 Å². The summed E-state index contributed by atoms with van der Waals surface area (Å²) in [5, 5.41) is 3.88. The van der Waals surface area contributed by atoms with Gasteiger partial charge in [0.2, 0.25) is 0 Å². The fourth-order valence-corrected chi connectivity index (χ4v) is 4.93. The van der Waals surface area contributed by atoms with Gasteiger partial charge < -0.3 is 25.1 Å². The van der Waals surface area contributed by atoms with Crippen LogP contribution in [0.2, 0.25) is 0 Å². The van der Waals surface area contributed by atoms with Gasteiger partial charge in [-0.05, 0) is 37.6 Å². The van der Waals surface area contributed by atoms with E-state index < -0.39 is 0 Å². The van der Waals surface area contributed by atoms with Crippen molar-refractivity contribution in [2.75, 3.05) is 63.2 Å². The molecule has 8 nitrogen and oxygen atoms in total. The van der Waals surface area contributed by atoms with E-state index in [-0.39, 0.29) is 6.03 Å². The topological polar surface area (TPSA) is 85.0 Å². The Morgan fingerprint density at radius 2 is 1.97 bits per heavy atom. The highest BCUT2D eigenvalue weighted by atomic mass is 16.5. The molecule has 1 aromatic heterocycles. The van der Waals surface area contributed by atoms with E-state index in [9.17, 15) is 4.79 Å². The van der Waals surface area contributed by atoms with Crippen molar-refractivity contribution in [3.05, 3.63) is 42.5 Å². The molecule has 0 aliphatic carbocycles. The number of rotatable bonds is 8. The molecule has 3 N–H and O–H groups in total. The smallest absolute Gasteiger partial charge is 0.321 e. The molecule has 0 bridgehead atoms. The van der Waals surface area contributed by atoms with E-state index in [2.05, 4.69) is 39.9 Å². The number of benzene rings is 2. The van der Waals surface area contributed by atoms with Gasteiger partial charge in [-0.2, -0.15) is 0 Å². The number of carbonyl (C=O) groups excluding carboxylic acids is 1. The normalized spacial score (nSPS) is 16.9. The fraction of sp³-hybridized carbons (Fsp3) is 0.423.